The first-order valence-corrected chi connectivity index (χ1v) is 6.97. The summed E-state index contributed by atoms with van der Waals surface area (Å²) < 4.78 is 5.59. The molecule has 0 aliphatic carbocycles. The molecule has 0 unspecified atom stereocenters. The third-order valence-corrected chi connectivity index (χ3v) is 3.92. The molecular weight excluding hydrogens is 254 g/mol. The van der Waals surface area contributed by atoms with Gasteiger partial charge in [-0.15, -0.1) is 0 Å². The molecule has 1 fully saturated rings. The minimum Gasteiger partial charge on any atom is -0.451 e. The molecule has 4 nitrogen and oxygen atoms in total. The van der Waals surface area contributed by atoms with Gasteiger partial charge in [0.2, 0.25) is 0 Å². The van der Waals surface area contributed by atoms with Crippen LogP contribution in [0, 0.1) is 5.92 Å². The Bertz CT molecular complexity index is 696. The molecule has 104 valence electrons. The van der Waals surface area contributed by atoms with Crippen LogP contribution in [0.3, 0.4) is 0 Å². The van der Waals surface area contributed by atoms with E-state index in [1.54, 1.807) is 29.2 Å². The molecule has 1 saturated heterocycles. The van der Waals surface area contributed by atoms with Gasteiger partial charge < -0.3 is 9.32 Å². The summed E-state index contributed by atoms with van der Waals surface area (Å²) in [6.07, 6.45) is 2.01. The van der Waals surface area contributed by atoms with Gasteiger partial charge >= 0.3 is 0 Å². The van der Waals surface area contributed by atoms with Crippen LogP contribution in [0.5, 0.6) is 0 Å². The third-order valence-electron chi connectivity index (χ3n) is 3.92. The average Bonchev–Trinajstić information content (AvgIpc) is 2.47. The zero-order valence-electron chi connectivity index (χ0n) is 11.5. The molecule has 0 saturated carbocycles. The number of hydrogen-bond donors (Lipinski definition) is 0. The predicted octanol–water partition coefficient (Wildman–Crippen LogP) is 2.67. The number of likely N-dealkylation sites (tertiary alicyclic amines) is 1. The number of benzene rings is 1. The van der Waals surface area contributed by atoms with E-state index < -0.39 is 0 Å². The van der Waals surface area contributed by atoms with Crippen molar-refractivity contribution in [1.29, 1.82) is 0 Å². The van der Waals surface area contributed by atoms with Gasteiger partial charge in [0.15, 0.2) is 11.2 Å². The largest absolute Gasteiger partial charge is 0.451 e. The molecule has 0 bridgehead atoms. The maximum Gasteiger partial charge on any atom is 0.289 e. The van der Waals surface area contributed by atoms with Crippen molar-refractivity contribution in [3.05, 3.63) is 46.3 Å². The molecule has 0 N–H and O–H groups in total. The van der Waals surface area contributed by atoms with Crippen molar-refractivity contribution in [3.8, 4) is 0 Å². The number of rotatable bonds is 1. The molecule has 1 amide bonds. The van der Waals surface area contributed by atoms with Gasteiger partial charge in [0, 0.05) is 19.2 Å². The Morgan fingerprint density at radius 2 is 1.95 bits per heavy atom. The Labute approximate surface area is 117 Å². The second-order valence-electron chi connectivity index (χ2n) is 5.45. The molecule has 4 heteroatoms. The van der Waals surface area contributed by atoms with Crippen LogP contribution >= 0.6 is 0 Å². The first-order valence-electron chi connectivity index (χ1n) is 6.97. The standard InChI is InChI=1S/C16H17NO3/c1-11-6-8-17(9-7-11)16(19)15-10-13(18)12-4-2-3-5-14(12)20-15/h2-5,10-11H,6-9H2,1H3. The van der Waals surface area contributed by atoms with Crippen molar-refractivity contribution in [3.63, 3.8) is 0 Å². The minimum absolute atomic E-state index is 0.142. The smallest absolute Gasteiger partial charge is 0.289 e. The Morgan fingerprint density at radius 3 is 2.70 bits per heavy atom. The lowest BCUT2D eigenvalue weighted by Crippen LogP contribution is -2.38. The fourth-order valence-corrected chi connectivity index (χ4v) is 2.58. The Balaban J connectivity index is 1.94. The van der Waals surface area contributed by atoms with Gasteiger partial charge in [-0.2, -0.15) is 0 Å². The fraction of sp³-hybridized carbons (Fsp3) is 0.375. The zero-order valence-corrected chi connectivity index (χ0v) is 11.5. The number of para-hydroxylation sites is 1. The Morgan fingerprint density at radius 1 is 1.25 bits per heavy atom. The molecule has 1 aromatic heterocycles. The number of hydrogen-bond acceptors (Lipinski definition) is 3. The van der Waals surface area contributed by atoms with Gasteiger partial charge in [-0.1, -0.05) is 19.1 Å². The fourth-order valence-electron chi connectivity index (χ4n) is 2.58. The molecule has 0 atom stereocenters. The summed E-state index contributed by atoms with van der Waals surface area (Å²) >= 11 is 0. The molecule has 1 aromatic carbocycles. The lowest BCUT2D eigenvalue weighted by Gasteiger charge is -2.29. The molecule has 1 aliphatic rings. The molecule has 1 aliphatic heterocycles. The Kier molecular flexibility index (Phi) is 3.30. The van der Waals surface area contributed by atoms with Crippen molar-refractivity contribution in [2.45, 2.75) is 19.8 Å². The van der Waals surface area contributed by atoms with E-state index in [0.29, 0.717) is 16.9 Å². The van der Waals surface area contributed by atoms with E-state index in [0.717, 1.165) is 25.9 Å². The number of fused-ring (bicyclic) bond motifs is 1. The van der Waals surface area contributed by atoms with Gasteiger partial charge in [-0.25, -0.2) is 0 Å². The van der Waals surface area contributed by atoms with E-state index in [-0.39, 0.29) is 17.1 Å². The summed E-state index contributed by atoms with van der Waals surface area (Å²) in [5.41, 5.74) is 0.300. The topological polar surface area (TPSA) is 50.5 Å². The summed E-state index contributed by atoms with van der Waals surface area (Å²) in [4.78, 5) is 26.2. The molecule has 20 heavy (non-hydrogen) atoms. The average molecular weight is 271 g/mol. The van der Waals surface area contributed by atoms with Crippen LogP contribution in [0.15, 0.2) is 39.5 Å². The van der Waals surface area contributed by atoms with Crippen molar-refractivity contribution in [1.82, 2.24) is 4.90 Å². The summed E-state index contributed by atoms with van der Waals surface area (Å²) in [6, 6.07) is 8.31. The highest BCUT2D eigenvalue weighted by atomic mass is 16.3. The van der Waals surface area contributed by atoms with E-state index in [2.05, 4.69) is 6.92 Å². The lowest BCUT2D eigenvalue weighted by atomic mass is 9.99. The van der Waals surface area contributed by atoms with Gasteiger partial charge in [0.05, 0.1) is 5.39 Å². The van der Waals surface area contributed by atoms with E-state index in [9.17, 15) is 9.59 Å². The van der Waals surface area contributed by atoms with Gasteiger partial charge in [-0.05, 0) is 30.9 Å². The first kappa shape index (κ1) is 12.9. The SMILES string of the molecule is CC1CCN(C(=O)c2cc(=O)c3ccccc3o2)CC1. The summed E-state index contributed by atoms with van der Waals surface area (Å²) in [5.74, 6) is 0.616. The van der Waals surface area contributed by atoms with Crippen molar-refractivity contribution >= 4 is 16.9 Å². The second-order valence-corrected chi connectivity index (χ2v) is 5.45. The number of amides is 1. The monoisotopic (exact) mass is 271 g/mol. The quantitative estimate of drug-likeness (QED) is 0.801. The summed E-state index contributed by atoms with van der Waals surface area (Å²) in [7, 11) is 0. The van der Waals surface area contributed by atoms with E-state index in [4.69, 9.17) is 4.42 Å². The van der Waals surface area contributed by atoms with Gasteiger partial charge in [-0.3, -0.25) is 9.59 Å². The predicted molar refractivity (Wildman–Crippen MR) is 76.8 cm³/mol. The van der Waals surface area contributed by atoms with Gasteiger partial charge in [0.1, 0.15) is 5.58 Å². The number of nitrogens with zero attached hydrogens (tertiary/aromatic N) is 1. The molecule has 2 aromatic rings. The molecule has 2 heterocycles. The van der Waals surface area contributed by atoms with E-state index >= 15 is 0 Å². The highest BCUT2D eigenvalue weighted by Gasteiger charge is 2.23. The lowest BCUT2D eigenvalue weighted by molar-refractivity contribution is 0.0665. The minimum atomic E-state index is -0.181. The molecule has 3 rings (SSSR count). The number of piperidine rings is 1. The van der Waals surface area contributed by atoms with Crippen molar-refractivity contribution < 1.29 is 9.21 Å². The summed E-state index contributed by atoms with van der Waals surface area (Å²) in [6.45, 7) is 3.66. The number of carbonyl (C=O) groups excluding carboxylic acids is 1. The van der Waals surface area contributed by atoms with Crippen LogP contribution in [0.2, 0.25) is 0 Å². The van der Waals surface area contributed by atoms with Crippen LogP contribution in [0.25, 0.3) is 11.0 Å². The normalized spacial score (nSPS) is 16.6. The Hall–Kier alpha value is -2.10. The van der Waals surface area contributed by atoms with Crippen LogP contribution in [-0.4, -0.2) is 23.9 Å². The van der Waals surface area contributed by atoms with Crippen LogP contribution in [0.1, 0.15) is 30.3 Å². The zero-order chi connectivity index (χ0) is 14.1. The van der Waals surface area contributed by atoms with Gasteiger partial charge in [0.25, 0.3) is 5.91 Å². The number of carbonyl (C=O) groups is 1. The van der Waals surface area contributed by atoms with Crippen molar-refractivity contribution in [2.75, 3.05) is 13.1 Å². The molecule has 0 radical (unpaired) electrons. The maximum atomic E-state index is 12.4. The van der Waals surface area contributed by atoms with Crippen LogP contribution in [0.4, 0.5) is 0 Å². The van der Waals surface area contributed by atoms with Crippen molar-refractivity contribution in [2.24, 2.45) is 5.92 Å². The maximum absolute atomic E-state index is 12.4. The van der Waals surface area contributed by atoms with Crippen LogP contribution < -0.4 is 5.43 Å². The first-order chi connectivity index (χ1) is 9.65. The van der Waals surface area contributed by atoms with Crippen LogP contribution in [-0.2, 0) is 0 Å². The highest BCUT2D eigenvalue weighted by molar-refractivity contribution is 5.93. The highest BCUT2D eigenvalue weighted by Crippen LogP contribution is 2.19. The molecular formula is C16H17NO3. The second kappa shape index (κ2) is 5.12. The summed E-state index contributed by atoms with van der Waals surface area (Å²) in [5, 5.41) is 0.510. The third kappa shape index (κ3) is 2.33. The van der Waals surface area contributed by atoms with E-state index in [1.165, 1.54) is 6.07 Å². The van der Waals surface area contributed by atoms with E-state index in [1.807, 2.05) is 0 Å². The molecule has 0 spiro atoms.